The van der Waals surface area contributed by atoms with Crippen molar-refractivity contribution in [2.24, 2.45) is 0 Å². The quantitative estimate of drug-likeness (QED) is 0.319. The van der Waals surface area contributed by atoms with Crippen molar-refractivity contribution in [1.29, 1.82) is 0 Å². The number of hydrogen-bond donors (Lipinski definition) is 1. The first kappa shape index (κ1) is 16.8. The maximum atomic E-state index is 14.2. The van der Waals surface area contributed by atoms with E-state index in [9.17, 15) is 9.18 Å². The van der Waals surface area contributed by atoms with Crippen LogP contribution in [-0.2, 0) is 6.54 Å². The Morgan fingerprint density at radius 2 is 1.75 bits per heavy atom. The van der Waals surface area contributed by atoms with Crippen LogP contribution in [-0.4, -0.2) is 4.98 Å². The Kier molecular flexibility index (Phi) is 4.02. The molecule has 5 heteroatoms. The van der Waals surface area contributed by atoms with E-state index in [1.165, 1.54) is 17.4 Å². The van der Waals surface area contributed by atoms with Crippen molar-refractivity contribution >= 4 is 48.1 Å². The van der Waals surface area contributed by atoms with Gasteiger partial charge in [0.25, 0.3) is 0 Å². The molecule has 1 N–H and O–H groups in total. The molecule has 0 unspecified atom stereocenters. The zero-order chi connectivity index (χ0) is 19.1. The Labute approximate surface area is 164 Å². The number of hydrogen-bond acceptors (Lipinski definition) is 4. The number of nitrogens with zero attached hydrogens (tertiary/aromatic N) is 1. The molecule has 3 nitrogen and oxygen atoms in total. The Morgan fingerprint density at radius 3 is 2.61 bits per heavy atom. The van der Waals surface area contributed by atoms with E-state index < -0.39 is 0 Å². The average molecular weight is 386 g/mol. The molecule has 0 saturated heterocycles. The van der Waals surface area contributed by atoms with Crippen LogP contribution >= 0.6 is 11.3 Å². The molecule has 5 aromatic rings. The Bertz CT molecular complexity index is 1400. The van der Waals surface area contributed by atoms with Crippen molar-refractivity contribution in [2.75, 3.05) is 5.32 Å². The maximum Gasteiger partial charge on any atom is 0.196 e. The van der Waals surface area contributed by atoms with Crippen molar-refractivity contribution < 1.29 is 4.39 Å². The van der Waals surface area contributed by atoms with E-state index in [0.29, 0.717) is 26.7 Å². The number of halogens is 1. The van der Waals surface area contributed by atoms with E-state index in [1.54, 1.807) is 18.3 Å². The topological polar surface area (TPSA) is 42.0 Å². The molecular formula is C23H15FN2OS. The van der Waals surface area contributed by atoms with Gasteiger partial charge >= 0.3 is 0 Å². The van der Waals surface area contributed by atoms with E-state index in [2.05, 4.69) is 10.3 Å². The standard InChI is InChI=1S/C23H15FN2OS/c24-16-9-4-8-15-22(27)21-19(28-23(15)16)13-26-18-11-5-10-17(20(18)21)25-12-14-6-2-1-3-7-14/h1-11,13,25H,12H2. The van der Waals surface area contributed by atoms with E-state index in [-0.39, 0.29) is 11.2 Å². The molecule has 0 aliphatic heterocycles. The van der Waals surface area contributed by atoms with Crippen LogP contribution < -0.4 is 10.7 Å². The summed E-state index contributed by atoms with van der Waals surface area (Å²) in [5.41, 5.74) is 2.57. The minimum atomic E-state index is -0.378. The third kappa shape index (κ3) is 2.72. The van der Waals surface area contributed by atoms with Crippen LogP contribution in [0.1, 0.15) is 5.56 Å². The van der Waals surface area contributed by atoms with Gasteiger partial charge in [-0.05, 0) is 29.8 Å². The first-order valence-electron chi connectivity index (χ1n) is 8.93. The lowest BCUT2D eigenvalue weighted by Crippen LogP contribution is -2.05. The second-order valence-electron chi connectivity index (χ2n) is 6.58. The molecule has 0 saturated carbocycles. The van der Waals surface area contributed by atoms with Gasteiger partial charge in [-0.3, -0.25) is 9.78 Å². The van der Waals surface area contributed by atoms with Gasteiger partial charge < -0.3 is 5.32 Å². The summed E-state index contributed by atoms with van der Waals surface area (Å²) >= 11 is 1.26. The van der Waals surface area contributed by atoms with E-state index in [0.717, 1.165) is 22.2 Å². The predicted octanol–water partition coefficient (Wildman–Crippen LogP) is 5.71. The molecule has 28 heavy (non-hydrogen) atoms. The summed E-state index contributed by atoms with van der Waals surface area (Å²) < 4.78 is 15.3. The second kappa shape index (κ2) is 6.69. The summed E-state index contributed by atoms with van der Waals surface area (Å²) in [6.07, 6.45) is 1.66. The van der Waals surface area contributed by atoms with Gasteiger partial charge in [0.1, 0.15) is 5.82 Å². The number of benzene rings is 3. The number of anilines is 1. The van der Waals surface area contributed by atoms with Crippen molar-refractivity contribution in [1.82, 2.24) is 4.98 Å². The number of rotatable bonds is 3. The van der Waals surface area contributed by atoms with Crippen LogP contribution in [0.15, 0.2) is 77.7 Å². The fourth-order valence-corrected chi connectivity index (χ4v) is 4.56. The molecule has 3 aromatic carbocycles. The van der Waals surface area contributed by atoms with Gasteiger partial charge in [0.05, 0.1) is 20.3 Å². The summed E-state index contributed by atoms with van der Waals surface area (Å²) in [6.45, 7) is 0.635. The van der Waals surface area contributed by atoms with Crippen molar-refractivity contribution in [3.8, 4) is 0 Å². The zero-order valence-electron chi connectivity index (χ0n) is 14.8. The highest BCUT2D eigenvalue weighted by atomic mass is 32.1. The monoisotopic (exact) mass is 386 g/mol. The smallest absolute Gasteiger partial charge is 0.196 e. The molecule has 0 bridgehead atoms. The molecule has 136 valence electrons. The largest absolute Gasteiger partial charge is 0.380 e. The molecule has 2 aromatic heterocycles. The maximum absolute atomic E-state index is 14.2. The molecule has 0 spiro atoms. The lowest BCUT2D eigenvalue weighted by molar-refractivity contribution is 0.641. The SMILES string of the molecule is O=c1c2cccc(F)c2sc2cnc3cccc(NCc4ccccc4)c3c12. The summed E-state index contributed by atoms with van der Waals surface area (Å²) in [5, 5.41) is 5.21. The zero-order valence-corrected chi connectivity index (χ0v) is 15.6. The Hall–Kier alpha value is -3.31. The Balaban J connectivity index is 1.77. The van der Waals surface area contributed by atoms with Gasteiger partial charge in [-0.2, -0.15) is 0 Å². The van der Waals surface area contributed by atoms with Crippen LogP contribution in [0.2, 0.25) is 0 Å². The number of nitrogens with one attached hydrogen (secondary N) is 1. The molecular weight excluding hydrogens is 371 g/mol. The Morgan fingerprint density at radius 1 is 0.929 bits per heavy atom. The third-order valence-corrected chi connectivity index (χ3v) is 5.98. The van der Waals surface area contributed by atoms with Gasteiger partial charge in [-0.25, -0.2) is 4.39 Å². The molecule has 0 radical (unpaired) electrons. The molecule has 0 aliphatic carbocycles. The number of pyridine rings is 1. The van der Waals surface area contributed by atoms with E-state index in [1.807, 2.05) is 48.5 Å². The highest BCUT2D eigenvalue weighted by molar-refractivity contribution is 7.24. The molecule has 0 amide bonds. The molecule has 0 atom stereocenters. The van der Waals surface area contributed by atoms with Crippen molar-refractivity contribution in [2.45, 2.75) is 6.54 Å². The summed E-state index contributed by atoms with van der Waals surface area (Å²) in [6, 6.07) is 20.5. The fraction of sp³-hybridized carbons (Fsp3) is 0.0435. The summed E-state index contributed by atoms with van der Waals surface area (Å²) in [4.78, 5) is 17.8. The normalized spacial score (nSPS) is 11.3. The highest BCUT2D eigenvalue weighted by Crippen LogP contribution is 2.33. The van der Waals surface area contributed by atoms with Gasteiger partial charge in [0, 0.05) is 29.2 Å². The minimum absolute atomic E-state index is 0.162. The number of aromatic nitrogens is 1. The average Bonchev–Trinajstić information content (AvgIpc) is 2.73. The first-order valence-corrected chi connectivity index (χ1v) is 9.74. The van der Waals surface area contributed by atoms with Crippen LogP contribution in [0.5, 0.6) is 0 Å². The fourth-order valence-electron chi connectivity index (χ4n) is 3.51. The van der Waals surface area contributed by atoms with Crippen LogP contribution in [0, 0.1) is 5.82 Å². The van der Waals surface area contributed by atoms with Crippen LogP contribution in [0.25, 0.3) is 31.1 Å². The van der Waals surface area contributed by atoms with Gasteiger partial charge in [-0.1, -0.05) is 42.5 Å². The highest BCUT2D eigenvalue weighted by Gasteiger charge is 2.14. The van der Waals surface area contributed by atoms with Gasteiger partial charge in [0.15, 0.2) is 5.43 Å². The number of fused-ring (bicyclic) bond motifs is 4. The summed E-state index contributed by atoms with van der Waals surface area (Å²) in [7, 11) is 0. The van der Waals surface area contributed by atoms with E-state index in [4.69, 9.17) is 0 Å². The van der Waals surface area contributed by atoms with Crippen molar-refractivity contribution in [3.05, 3.63) is 94.5 Å². The molecule has 2 heterocycles. The third-order valence-electron chi connectivity index (χ3n) is 4.84. The van der Waals surface area contributed by atoms with Crippen molar-refractivity contribution in [3.63, 3.8) is 0 Å². The second-order valence-corrected chi connectivity index (χ2v) is 7.64. The van der Waals surface area contributed by atoms with Gasteiger partial charge in [0.2, 0.25) is 0 Å². The van der Waals surface area contributed by atoms with Gasteiger partial charge in [-0.15, -0.1) is 11.3 Å². The summed E-state index contributed by atoms with van der Waals surface area (Å²) in [5.74, 6) is -0.378. The molecule has 0 aliphatic rings. The minimum Gasteiger partial charge on any atom is -0.380 e. The lowest BCUT2D eigenvalue weighted by Gasteiger charge is -2.12. The first-order chi connectivity index (χ1) is 13.7. The lowest BCUT2D eigenvalue weighted by atomic mass is 10.1. The predicted molar refractivity (Wildman–Crippen MR) is 115 cm³/mol. The van der Waals surface area contributed by atoms with Crippen LogP contribution in [0.3, 0.4) is 0 Å². The van der Waals surface area contributed by atoms with Crippen LogP contribution in [0.4, 0.5) is 10.1 Å². The van der Waals surface area contributed by atoms with E-state index >= 15 is 0 Å². The molecule has 0 fully saturated rings. The molecule has 5 rings (SSSR count).